The number of benzene rings is 1. The fourth-order valence-corrected chi connectivity index (χ4v) is 3.31. The number of carbonyl (C=O) groups excluding carboxylic acids is 3. The van der Waals surface area contributed by atoms with E-state index in [-0.39, 0.29) is 24.3 Å². The molecule has 4 amide bonds. The number of hydrogen-bond acceptors (Lipinski definition) is 4. The van der Waals surface area contributed by atoms with Crippen molar-refractivity contribution in [3.05, 3.63) is 29.8 Å². The van der Waals surface area contributed by atoms with Gasteiger partial charge in [0.15, 0.2) is 0 Å². The minimum Gasteiger partial charge on any atom is -0.378 e. The number of rotatable bonds is 6. The summed E-state index contributed by atoms with van der Waals surface area (Å²) in [5.41, 5.74) is 1.23. The third-order valence-electron chi connectivity index (χ3n) is 5.29. The van der Waals surface area contributed by atoms with E-state index in [1.165, 1.54) is 4.90 Å². The predicted octanol–water partition coefficient (Wildman–Crippen LogP) is 1.43. The lowest BCUT2D eigenvalue weighted by Crippen LogP contribution is -2.47. The Labute approximate surface area is 153 Å². The maximum Gasteiger partial charge on any atom is 0.325 e. The fraction of sp³-hybridized carbons (Fsp3) is 0.526. The van der Waals surface area contributed by atoms with Crippen LogP contribution in [0.15, 0.2) is 24.3 Å². The summed E-state index contributed by atoms with van der Waals surface area (Å²) >= 11 is 0. The summed E-state index contributed by atoms with van der Waals surface area (Å²) in [5.74, 6) is -0.362. The van der Waals surface area contributed by atoms with Gasteiger partial charge in [0.05, 0.1) is 0 Å². The van der Waals surface area contributed by atoms with Crippen LogP contribution in [0.4, 0.5) is 10.5 Å². The molecule has 1 aromatic carbocycles. The molecule has 1 atom stereocenters. The van der Waals surface area contributed by atoms with Gasteiger partial charge in [-0.05, 0) is 43.4 Å². The number of carbonyl (C=O) groups is 3. The van der Waals surface area contributed by atoms with Crippen LogP contribution in [0.1, 0.15) is 25.3 Å². The number of nitrogens with one attached hydrogen (secondary N) is 1. The molecule has 2 aliphatic rings. The van der Waals surface area contributed by atoms with Gasteiger partial charge in [0, 0.05) is 33.4 Å². The molecule has 26 heavy (non-hydrogen) atoms. The summed E-state index contributed by atoms with van der Waals surface area (Å²) in [4.78, 5) is 41.9. The number of likely N-dealkylation sites (N-methyl/N-ethyl adjacent to an activating group) is 1. The molecule has 0 aromatic heterocycles. The topological polar surface area (TPSA) is 73.0 Å². The molecule has 1 saturated carbocycles. The Balaban J connectivity index is 1.60. The van der Waals surface area contributed by atoms with Crippen LogP contribution in [-0.2, 0) is 16.1 Å². The van der Waals surface area contributed by atoms with Crippen molar-refractivity contribution in [2.75, 3.05) is 32.6 Å². The van der Waals surface area contributed by atoms with Crippen LogP contribution in [-0.4, -0.2) is 60.9 Å². The van der Waals surface area contributed by atoms with Crippen LogP contribution in [0.3, 0.4) is 0 Å². The second-order valence-corrected chi connectivity index (χ2v) is 7.61. The van der Waals surface area contributed by atoms with Gasteiger partial charge in [-0.3, -0.25) is 14.5 Å². The first-order valence-corrected chi connectivity index (χ1v) is 8.86. The lowest BCUT2D eigenvalue weighted by atomic mass is 9.96. The first-order valence-electron chi connectivity index (χ1n) is 8.86. The van der Waals surface area contributed by atoms with Gasteiger partial charge in [-0.2, -0.15) is 0 Å². The Hall–Kier alpha value is -2.57. The smallest absolute Gasteiger partial charge is 0.325 e. The molecular formula is C19H26N4O3. The number of anilines is 1. The zero-order valence-electron chi connectivity index (χ0n) is 15.8. The third kappa shape index (κ3) is 3.38. The van der Waals surface area contributed by atoms with Gasteiger partial charge in [0.1, 0.15) is 12.1 Å². The fourth-order valence-electron chi connectivity index (χ4n) is 3.31. The SMILES string of the molecule is CN(Cc1ccc(N(C)C)cc1)C(=O)CN1C(=O)N[C@@](C)(C2CC2)C1=O. The maximum atomic E-state index is 12.6. The van der Waals surface area contributed by atoms with Gasteiger partial charge in [-0.25, -0.2) is 4.79 Å². The number of imide groups is 1. The monoisotopic (exact) mass is 358 g/mol. The van der Waals surface area contributed by atoms with Crippen molar-refractivity contribution in [1.29, 1.82) is 0 Å². The molecule has 1 N–H and O–H groups in total. The molecule has 0 unspecified atom stereocenters. The van der Waals surface area contributed by atoms with E-state index in [1.807, 2.05) is 43.3 Å². The Morgan fingerprint density at radius 1 is 1.19 bits per heavy atom. The molecule has 0 bridgehead atoms. The van der Waals surface area contributed by atoms with E-state index < -0.39 is 11.6 Å². The molecule has 0 radical (unpaired) electrons. The third-order valence-corrected chi connectivity index (χ3v) is 5.29. The summed E-state index contributed by atoms with van der Waals surface area (Å²) < 4.78 is 0. The van der Waals surface area contributed by atoms with Crippen LogP contribution in [0, 0.1) is 5.92 Å². The molecular weight excluding hydrogens is 332 g/mol. The lowest BCUT2D eigenvalue weighted by Gasteiger charge is -2.23. The molecule has 7 nitrogen and oxygen atoms in total. The largest absolute Gasteiger partial charge is 0.378 e. The second-order valence-electron chi connectivity index (χ2n) is 7.61. The Morgan fingerprint density at radius 3 is 2.35 bits per heavy atom. The highest BCUT2D eigenvalue weighted by Crippen LogP contribution is 2.42. The molecule has 1 aliphatic heterocycles. The Morgan fingerprint density at radius 2 is 1.81 bits per heavy atom. The average molecular weight is 358 g/mol. The lowest BCUT2D eigenvalue weighted by molar-refractivity contribution is -0.138. The van der Waals surface area contributed by atoms with E-state index in [0.717, 1.165) is 29.0 Å². The van der Waals surface area contributed by atoms with Gasteiger partial charge < -0.3 is 15.1 Å². The van der Waals surface area contributed by atoms with Crippen LogP contribution in [0.2, 0.25) is 0 Å². The normalized spacial score (nSPS) is 22.4. The van der Waals surface area contributed by atoms with Crippen LogP contribution in [0.25, 0.3) is 0 Å². The number of nitrogens with zero attached hydrogens (tertiary/aromatic N) is 3. The average Bonchev–Trinajstić information content (AvgIpc) is 3.41. The van der Waals surface area contributed by atoms with Crippen molar-refractivity contribution in [2.24, 2.45) is 5.92 Å². The maximum absolute atomic E-state index is 12.6. The van der Waals surface area contributed by atoms with Gasteiger partial charge >= 0.3 is 6.03 Å². The molecule has 0 spiro atoms. The van der Waals surface area contributed by atoms with Crippen molar-refractivity contribution >= 4 is 23.5 Å². The zero-order valence-corrected chi connectivity index (χ0v) is 15.8. The van der Waals surface area contributed by atoms with Crippen molar-refractivity contribution < 1.29 is 14.4 Å². The van der Waals surface area contributed by atoms with E-state index in [9.17, 15) is 14.4 Å². The number of hydrogen-bond donors (Lipinski definition) is 1. The first kappa shape index (κ1) is 18.2. The minimum absolute atomic E-state index is 0.187. The molecule has 1 heterocycles. The molecule has 2 fully saturated rings. The van der Waals surface area contributed by atoms with Crippen molar-refractivity contribution in [3.8, 4) is 0 Å². The summed E-state index contributed by atoms with van der Waals surface area (Å²) in [5, 5.41) is 2.76. The minimum atomic E-state index is -0.849. The highest BCUT2D eigenvalue weighted by atomic mass is 16.2. The molecule has 3 rings (SSSR count). The standard InChI is InChI=1S/C19H26N4O3/c1-19(14-7-8-14)17(25)23(18(26)20-19)12-16(24)22(4)11-13-5-9-15(10-6-13)21(2)3/h5-6,9-10,14H,7-8,11-12H2,1-4H3,(H,20,26)/t19-/m0/s1. The zero-order chi connectivity index (χ0) is 19.1. The summed E-state index contributed by atoms with van der Waals surface area (Å²) in [7, 11) is 5.62. The summed E-state index contributed by atoms with van der Waals surface area (Å²) in [6, 6.07) is 7.45. The van der Waals surface area contributed by atoms with Gasteiger partial charge in [-0.15, -0.1) is 0 Å². The highest BCUT2D eigenvalue weighted by molar-refractivity contribution is 6.09. The van der Waals surface area contributed by atoms with Crippen molar-refractivity contribution in [2.45, 2.75) is 31.8 Å². The van der Waals surface area contributed by atoms with Crippen molar-refractivity contribution in [1.82, 2.24) is 15.1 Å². The number of urea groups is 1. The van der Waals surface area contributed by atoms with E-state index in [1.54, 1.807) is 14.0 Å². The Kier molecular flexibility index (Phi) is 4.64. The van der Waals surface area contributed by atoms with E-state index >= 15 is 0 Å². The molecule has 1 aromatic rings. The van der Waals surface area contributed by atoms with Gasteiger partial charge in [-0.1, -0.05) is 12.1 Å². The van der Waals surface area contributed by atoms with Crippen LogP contribution < -0.4 is 10.2 Å². The van der Waals surface area contributed by atoms with Crippen LogP contribution >= 0.6 is 0 Å². The number of amides is 4. The van der Waals surface area contributed by atoms with E-state index in [4.69, 9.17) is 0 Å². The van der Waals surface area contributed by atoms with Crippen LogP contribution in [0.5, 0.6) is 0 Å². The molecule has 7 heteroatoms. The second kappa shape index (κ2) is 6.63. The highest BCUT2D eigenvalue weighted by Gasteiger charge is 2.56. The molecule has 140 valence electrons. The van der Waals surface area contributed by atoms with E-state index in [2.05, 4.69) is 5.32 Å². The molecule has 1 aliphatic carbocycles. The quantitative estimate of drug-likeness (QED) is 0.781. The predicted molar refractivity (Wildman–Crippen MR) is 98.6 cm³/mol. The summed E-state index contributed by atoms with van der Waals surface area (Å²) in [6.07, 6.45) is 1.88. The van der Waals surface area contributed by atoms with Gasteiger partial charge in [0.2, 0.25) is 5.91 Å². The molecule has 1 saturated heterocycles. The van der Waals surface area contributed by atoms with E-state index in [0.29, 0.717) is 6.54 Å². The Bertz CT molecular complexity index is 727. The van der Waals surface area contributed by atoms with Crippen molar-refractivity contribution in [3.63, 3.8) is 0 Å². The summed E-state index contributed by atoms with van der Waals surface area (Å²) in [6.45, 7) is 1.96. The first-order chi connectivity index (χ1) is 12.2. The van der Waals surface area contributed by atoms with Gasteiger partial charge in [0.25, 0.3) is 5.91 Å².